The third kappa shape index (κ3) is 3.80. The lowest BCUT2D eigenvalue weighted by Crippen LogP contribution is -2.05. The molecule has 9 heteroatoms. The zero-order valence-electron chi connectivity index (χ0n) is 14.1. The van der Waals surface area contributed by atoms with Gasteiger partial charge in [-0.05, 0) is 29.8 Å². The summed E-state index contributed by atoms with van der Waals surface area (Å²) in [5.74, 6) is 0.917. The lowest BCUT2D eigenvalue weighted by Gasteiger charge is -2.13. The zero-order valence-corrected chi connectivity index (χ0v) is 14.9. The number of rotatable bonds is 4. The van der Waals surface area contributed by atoms with Gasteiger partial charge < -0.3 is 10.2 Å². The molecule has 0 bridgehead atoms. The molecule has 2 N–H and O–H groups in total. The molecule has 0 aliphatic heterocycles. The van der Waals surface area contributed by atoms with Gasteiger partial charge in [0.25, 0.3) is 0 Å². The molecule has 0 saturated carbocycles. The van der Waals surface area contributed by atoms with Crippen molar-refractivity contribution in [1.29, 1.82) is 10.5 Å². The zero-order chi connectivity index (χ0) is 20.3. The topological polar surface area (TPSA) is 99.6 Å². The van der Waals surface area contributed by atoms with Crippen molar-refractivity contribution in [3.63, 3.8) is 0 Å². The van der Waals surface area contributed by atoms with Crippen LogP contribution < -0.4 is 5.73 Å². The molecule has 1 aromatic carbocycles. The van der Waals surface area contributed by atoms with Gasteiger partial charge in [-0.3, -0.25) is 0 Å². The maximum atomic E-state index is 12.8. The monoisotopic (exact) mass is 400 g/mol. The van der Waals surface area contributed by atoms with E-state index in [-0.39, 0.29) is 33.1 Å². The van der Waals surface area contributed by atoms with E-state index in [0.717, 1.165) is 12.1 Å². The van der Waals surface area contributed by atoms with Gasteiger partial charge in [0.05, 0.1) is 23.1 Å². The van der Waals surface area contributed by atoms with Crippen molar-refractivity contribution >= 4 is 17.6 Å². The highest BCUT2D eigenvalue weighted by atomic mass is 32.2. The highest BCUT2D eigenvalue weighted by molar-refractivity contribution is 7.98. The van der Waals surface area contributed by atoms with E-state index in [2.05, 4.69) is 4.98 Å². The molecule has 2 heterocycles. The van der Waals surface area contributed by atoms with Crippen LogP contribution >= 0.6 is 11.8 Å². The third-order valence-electron chi connectivity index (χ3n) is 3.85. The number of hydrogen-bond acceptors (Lipinski definition) is 6. The number of nitrogen functional groups attached to an aromatic ring is 1. The minimum absolute atomic E-state index is 0.0568. The van der Waals surface area contributed by atoms with Crippen LogP contribution in [0.4, 0.5) is 19.0 Å². The minimum atomic E-state index is -4.49. The Morgan fingerprint density at radius 1 is 1.07 bits per heavy atom. The Hall–Kier alpha value is -3.43. The highest BCUT2D eigenvalue weighted by Gasteiger charge is 2.30. The number of nitriles is 2. The predicted molar refractivity (Wildman–Crippen MR) is 96.8 cm³/mol. The fraction of sp³-hybridized carbons (Fsp3) is 0.105. The van der Waals surface area contributed by atoms with Crippen LogP contribution in [-0.4, -0.2) is 4.98 Å². The van der Waals surface area contributed by atoms with Crippen molar-refractivity contribution in [2.45, 2.75) is 17.0 Å². The summed E-state index contributed by atoms with van der Waals surface area (Å²) in [6, 6.07) is 11.6. The molecule has 28 heavy (non-hydrogen) atoms. The summed E-state index contributed by atoms with van der Waals surface area (Å²) in [6.07, 6.45) is -2.98. The number of thioether (sulfide) groups is 1. The SMILES string of the molecule is N#Cc1c(N)nc(SCc2ccco2)c(C#N)c1-c1ccc(C(F)(F)F)cc1. The largest absolute Gasteiger partial charge is 0.468 e. The van der Waals surface area contributed by atoms with Gasteiger partial charge in [-0.2, -0.15) is 23.7 Å². The van der Waals surface area contributed by atoms with Crippen molar-refractivity contribution in [3.8, 4) is 23.3 Å². The molecule has 5 nitrogen and oxygen atoms in total. The Labute approximate surface area is 162 Å². The molecule has 0 atom stereocenters. The molecule has 0 spiro atoms. The van der Waals surface area contributed by atoms with Gasteiger partial charge in [-0.15, -0.1) is 0 Å². The van der Waals surface area contributed by atoms with E-state index in [1.54, 1.807) is 12.1 Å². The Morgan fingerprint density at radius 2 is 1.75 bits per heavy atom. The number of furan rings is 1. The summed E-state index contributed by atoms with van der Waals surface area (Å²) < 4.78 is 43.7. The quantitative estimate of drug-likeness (QED) is 0.620. The number of pyridine rings is 1. The first-order chi connectivity index (χ1) is 13.3. The predicted octanol–water partition coefficient (Wildman–Crippen LogP) is 4.98. The second-order valence-electron chi connectivity index (χ2n) is 5.59. The fourth-order valence-corrected chi connectivity index (χ4v) is 3.45. The van der Waals surface area contributed by atoms with Crippen LogP contribution in [-0.2, 0) is 11.9 Å². The maximum Gasteiger partial charge on any atom is 0.416 e. The van der Waals surface area contributed by atoms with Gasteiger partial charge in [0.2, 0.25) is 0 Å². The van der Waals surface area contributed by atoms with Gasteiger partial charge in [0, 0.05) is 5.56 Å². The molecular weight excluding hydrogens is 389 g/mol. The van der Waals surface area contributed by atoms with Crippen LogP contribution in [0, 0.1) is 22.7 Å². The van der Waals surface area contributed by atoms with Crippen molar-refractivity contribution in [2.75, 3.05) is 5.73 Å². The first kappa shape index (κ1) is 19.3. The Balaban J connectivity index is 2.10. The van der Waals surface area contributed by atoms with Crippen LogP contribution in [0.25, 0.3) is 11.1 Å². The molecule has 140 valence electrons. The molecule has 0 amide bonds. The fourth-order valence-electron chi connectivity index (χ4n) is 2.55. The van der Waals surface area contributed by atoms with Gasteiger partial charge in [0.15, 0.2) is 0 Å². The Morgan fingerprint density at radius 3 is 2.29 bits per heavy atom. The summed E-state index contributed by atoms with van der Waals surface area (Å²) in [4.78, 5) is 4.13. The number of nitrogens with two attached hydrogens (primary N) is 1. The molecule has 0 radical (unpaired) electrons. The van der Waals surface area contributed by atoms with Crippen LogP contribution in [0.5, 0.6) is 0 Å². The molecule has 0 fully saturated rings. The number of aromatic nitrogens is 1. The van der Waals surface area contributed by atoms with Gasteiger partial charge in [-0.1, -0.05) is 23.9 Å². The van der Waals surface area contributed by atoms with Crippen molar-refractivity contribution in [2.24, 2.45) is 0 Å². The molecule has 0 aliphatic rings. The first-order valence-electron chi connectivity index (χ1n) is 7.81. The average Bonchev–Trinajstić information content (AvgIpc) is 3.18. The standard InChI is InChI=1S/C19H11F3N4OS/c20-19(21,22)12-5-3-11(4-6-12)16-14(8-23)17(25)26-18(15(16)9-24)28-10-13-2-1-7-27-13/h1-7H,10H2,(H2,25,26). The van der Waals surface area contributed by atoms with E-state index >= 15 is 0 Å². The normalized spacial score (nSPS) is 11.0. The van der Waals surface area contributed by atoms with Crippen LogP contribution in [0.2, 0.25) is 0 Å². The number of alkyl halides is 3. The van der Waals surface area contributed by atoms with Crippen molar-refractivity contribution < 1.29 is 17.6 Å². The maximum absolute atomic E-state index is 12.8. The Kier molecular flexibility index (Phi) is 5.30. The average molecular weight is 400 g/mol. The van der Waals surface area contributed by atoms with Gasteiger partial charge in [-0.25, -0.2) is 4.98 Å². The second-order valence-corrected chi connectivity index (χ2v) is 6.56. The smallest absolute Gasteiger partial charge is 0.416 e. The molecule has 3 aromatic rings. The molecule has 0 saturated heterocycles. The highest BCUT2D eigenvalue weighted by Crippen LogP contribution is 2.38. The number of benzene rings is 1. The van der Waals surface area contributed by atoms with Crippen LogP contribution in [0.15, 0.2) is 52.1 Å². The van der Waals surface area contributed by atoms with E-state index in [9.17, 15) is 23.7 Å². The molecular formula is C19H11F3N4OS. The van der Waals surface area contributed by atoms with Crippen LogP contribution in [0.3, 0.4) is 0 Å². The van der Waals surface area contributed by atoms with Crippen molar-refractivity contribution in [1.82, 2.24) is 4.98 Å². The van der Waals surface area contributed by atoms with Crippen LogP contribution in [0.1, 0.15) is 22.5 Å². The summed E-state index contributed by atoms with van der Waals surface area (Å²) in [5.41, 5.74) is 5.50. The molecule has 3 rings (SSSR count). The molecule has 2 aromatic heterocycles. The third-order valence-corrected chi connectivity index (χ3v) is 4.85. The van der Waals surface area contributed by atoms with E-state index in [1.807, 2.05) is 12.1 Å². The van der Waals surface area contributed by atoms with Gasteiger partial charge in [0.1, 0.15) is 34.3 Å². The number of halogens is 3. The molecule has 0 aliphatic carbocycles. The van der Waals surface area contributed by atoms with Crippen molar-refractivity contribution in [3.05, 3.63) is 65.1 Å². The summed E-state index contributed by atoms with van der Waals surface area (Å²) in [5, 5.41) is 19.4. The van der Waals surface area contributed by atoms with E-state index in [4.69, 9.17) is 10.2 Å². The second kappa shape index (κ2) is 7.67. The number of anilines is 1. The number of hydrogen-bond donors (Lipinski definition) is 1. The van der Waals surface area contributed by atoms with E-state index < -0.39 is 11.7 Å². The summed E-state index contributed by atoms with van der Waals surface area (Å²) in [6.45, 7) is 0. The summed E-state index contributed by atoms with van der Waals surface area (Å²) >= 11 is 1.18. The minimum Gasteiger partial charge on any atom is -0.468 e. The van der Waals surface area contributed by atoms with Gasteiger partial charge >= 0.3 is 6.18 Å². The first-order valence-corrected chi connectivity index (χ1v) is 8.80. The number of nitrogens with zero attached hydrogens (tertiary/aromatic N) is 3. The summed E-state index contributed by atoms with van der Waals surface area (Å²) in [7, 11) is 0. The lowest BCUT2D eigenvalue weighted by atomic mass is 9.96. The Bertz CT molecular complexity index is 1080. The van der Waals surface area contributed by atoms with E-state index in [0.29, 0.717) is 11.5 Å². The molecule has 0 unspecified atom stereocenters. The lowest BCUT2D eigenvalue weighted by molar-refractivity contribution is -0.137. The van der Waals surface area contributed by atoms with E-state index in [1.165, 1.54) is 30.2 Å².